The highest BCUT2D eigenvalue weighted by atomic mass is 127. The van der Waals surface area contributed by atoms with Crippen molar-refractivity contribution in [2.75, 3.05) is 59.4 Å². The third-order valence-corrected chi connectivity index (χ3v) is 7.49. The predicted octanol–water partition coefficient (Wildman–Crippen LogP) is 0.541. The highest BCUT2D eigenvalue weighted by molar-refractivity contribution is 14.1. The summed E-state index contributed by atoms with van der Waals surface area (Å²) in [4.78, 5) is 16.4. The first-order valence-corrected chi connectivity index (χ1v) is 10.8. The van der Waals surface area contributed by atoms with Gasteiger partial charge in [0.05, 0.1) is 0 Å². The lowest BCUT2D eigenvalue weighted by molar-refractivity contribution is 0.0692. The van der Waals surface area contributed by atoms with Gasteiger partial charge in [0.1, 0.15) is 0 Å². The molecule has 3 rings (SSSR count). The van der Waals surface area contributed by atoms with Crippen LogP contribution in [0.25, 0.3) is 0 Å². The molecule has 0 radical (unpaired) electrons. The molecule has 9 heteroatoms. The number of hydrogen-bond acceptors (Lipinski definition) is 4. The van der Waals surface area contributed by atoms with Gasteiger partial charge in [0.25, 0.3) is 16.1 Å². The molecule has 0 saturated carbocycles. The predicted molar refractivity (Wildman–Crippen MR) is 105 cm³/mol. The largest absolute Gasteiger partial charge is 0.336 e. The van der Waals surface area contributed by atoms with Crippen molar-refractivity contribution in [2.45, 2.75) is 0 Å². The maximum absolute atomic E-state index is 12.8. The van der Waals surface area contributed by atoms with Crippen LogP contribution in [0.5, 0.6) is 0 Å². The van der Waals surface area contributed by atoms with Crippen molar-refractivity contribution in [1.29, 1.82) is 0 Å². The fourth-order valence-corrected chi connectivity index (χ4v) is 5.01. The molecule has 2 aliphatic heterocycles. The Labute approximate surface area is 162 Å². The molecule has 0 unspecified atom stereocenters. The topological polar surface area (TPSA) is 64.2 Å². The molecule has 0 aromatic heterocycles. The van der Waals surface area contributed by atoms with E-state index in [1.807, 2.05) is 31.3 Å². The van der Waals surface area contributed by atoms with Crippen LogP contribution in [0.2, 0.25) is 0 Å². The van der Waals surface area contributed by atoms with Gasteiger partial charge in [-0.1, -0.05) is 0 Å². The summed E-state index contributed by atoms with van der Waals surface area (Å²) in [5.74, 6) is -0.0342. The summed E-state index contributed by atoms with van der Waals surface area (Å²) >= 11 is 2.20. The zero-order valence-electron chi connectivity index (χ0n) is 14.3. The van der Waals surface area contributed by atoms with E-state index >= 15 is 0 Å². The molecule has 2 saturated heterocycles. The molecule has 1 aromatic carbocycles. The Hall–Kier alpha value is -0.750. The molecule has 2 heterocycles. The highest BCUT2D eigenvalue weighted by Crippen LogP contribution is 2.16. The Morgan fingerprint density at radius 2 is 1.36 bits per heavy atom. The van der Waals surface area contributed by atoms with E-state index in [1.165, 1.54) is 4.31 Å². The van der Waals surface area contributed by atoms with Gasteiger partial charge in [-0.25, -0.2) is 0 Å². The number of likely N-dealkylation sites (N-methyl/N-ethyl adjacent to an activating group) is 1. The molecule has 2 fully saturated rings. The molecule has 0 N–H and O–H groups in total. The summed E-state index contributed by atoms with van der Waals surface area (Å²) in [6.07, 6.45) is 0. The summed E-state index contributed by atoms with van der Waals surface area (Å²) in [6.45, 7) is 4.13. The van der Waals surface area contributed by atoms with E-state index in [0.29, 0.717) is 44.8 Å². The number of piperazine rings is 2. The average Bonchev–Trinajstić information content (AvgIpc) is 2.62. The molecule has 25 heavy (non-hydrogen) atoms. The van der Waals surface area contributed by atoms with Gasteiger partial charge >= 0.3 is 0 Å². The molecule has 0 aliphatic carbocycles. The molecule has 7 nitrogen and oxygen atoms in total. The molecule has 1 amide bonds. The summed E-state index contributed by atoms with van der Waals surface area (Å²) < 4.78 is 29.7. The number of hydrogen-bond donors (Lipinski definition) is 0. The number of nitrogens with zero attached hydrogens (tertiary/aromatic N) is 4. The third kappa shape index (κ3) is 4.33. The van der Waals surface area contributed by atoms with Crippen LogP contribution in [0.4, 0.5) is 0 Å². The van der Waals surface area contributed by atoms with E-state index in [2.05, 4.69) is 27.5 Å². The van der Waals surface area contributed by atoms with Crippen LogP contribution >= 0.6 is 22.6 Å². The standard InChI is InChI=1S/C16H23IN4O3S/c1-18-6-10-20(11-7-18)25(23,24)21-12-8-19(9-13-21)16(22)14-2-4-15(17)5-3-14/h2-5H,6-13H2,1H3. The van der Waals surface area contributed by atoms with E-state index in [0.717, 1.165) is 16.7 Å². The summed E-state index contributed by atoms with van der Waals surface area (Å²) in [7, 11) is -1.43. The van der Waals surface area contributed by atoms with E-state index in [4.69, 9.17) is 0 Å². The normalized spacial score (nSPS) is 21.4. The van der Waals surface area contributed by atoms with Crippen LogP contribution in [-0.4, -0.2) is 92.1 Å². The minimum Gasteiger partial charge on any atom is -0.336 e. The lowest BCUT2D eigenvalue weighted by Crippen LogP contribution is -2.57. The number of carbonyl (C=O) groups excluding carboxylic acids is 1. The molecular weight excluding hydrogens is 455 g/mol. The van der Waals surface area contributed by atoms with Crippen LogP contribution < -0.4 is 0 Å². The van der Waals surface area contributed by atoms with Crippen molar-refractivity contribution in [3.05, 3.63) is 33.4 Å². The smallest absolute Gasteiger partial charge is 0.282 e. The minimum atomic E-state index is -3.43. The van der Waals surface area contributed by atoms with Crippen molar-refractivity contribution in [3.8, 4) is 0 Å². The van der Waals surface area contributed by atoms with Crippen molar-refractivity contribution in [1.82, 2.24) is 18.4 Å². The fourth-order valence-electron chi connectivity index (χ4n) is 3.08. The number of halogens is 1. The molecular formula is C16H23IN4O3S. The quantitative estimate of drug-likeness (QED) is 0.596. The van der Waals surface area contributed by atoms with Gasteiger partial charge in [0, 0.05) is 61.5 Å². The monoisotopic (exact) mass is 478 g/mol. The minimum absolute atomic E-state index is 0.0342. The van der Waals surface area contributed by atoms with Gasteiger partial charge in [-0.3, -0.25) is 4.79 Å². The molecule has 0 spiro atoms. The van der Waals surface area contributed by atoms with Crippen LogP contribution in [0.1, 0.15) is 10.4 Å². The maximum atomic E-state index is 12.8. The summed E-state index contributed by atoms with van der Waals surface area (Å²) in [5, 5.41) is 0. The molecule has 1 aromatic rings. The Morgan fingerprint density at radius 1 is 0.880 bits per heavy atom. The van der Waals surface area contributed by atoms with Crippen molar-refractivity contribution in [2.24, 2.45) is 0 Å². The first kappa shape index (κ1) is 19.0. The molecule has 0 bridgehead atoms. The lowest BCUT2D eigenvalue weighted by Gasteiger charge is -2.39. The summed E-state index contributed by atoms with van der Waals surface area (Å²) in [6, 6.07) is 7.44. The van der Waals surface area contributed by atoms with Gasteiger partial charge < -0.3 is 9.80 Å². The van der Waals surface area contributed by atoms with Gasteiger partial charge in [-0.05, 0) is 53.9 Å². The second-order valence-electron chi connectivity index (χ2n) is 6.41. The lowest BCUT2D eigenvalue weighted by atomic mass is 10.2. The Kier molecular flexibility index (Phi) is 5.99. The van der Waals surface area contributed by atoms with Gasteiger partial charge in [0.2, 0.25) is 0 Å². The number of carbonyl (C=O) groups is 1. The van der Waals surface area contributed by atoms with Crippen molar-refractivity contribution >= 4 is 38.7 Å². The highest BCUT2D eigenvalue weighted by Gasteiger charge is 2.34. The van der Waals surface area contributed by atoms with Crippen molar-refractivity contribution < 1.29 is 13.2 Å². The number of rotatable bonds is 3. The average molecular weight is 478 g/mol. The second-order valence-corrected chi connectivity index (χ2v) is 9.58. The van der Waals surface area contributed by atoms with Crippen LogP contribution in [0, 0.1) is 3.57 Å². The number of amides is 1. The fraction of sp³-hybridized carbons (Fsp3) is 0.562. The number of benzene rings is 1. The second kappa shape index (κ2) is 7.87. The summed E-state index contributed by atoms with van der Waals surface area (Å²) in [5.41, 5.74) is 0.649. The van der Waals surface area contributed by atoms with Gasteiger partial charge in [-0.15, -0.1) is 0 Å². The van der Waals surface area contributed by atoms with Crippen molar-refractivity contribution in [3.63, 3.8) is 0 Å². The van der Waals surface area contributed by atoms with E-state index in [1.54, 1.807) is 9.21 Å². The van der Waals surface area contributed by atoms with Crippen LogP contribution in [0.15, 0.2) is 24.3 Å². The van der Waals surface area contributed by atoms with Gasteiger partial charge in [0.15, 0.2) is 0 Å². The maximum Gasteiger partial charge on any atom is 0.282 e. The van der Waals surface area contributed by atoms with E-state index in [9.17, 15) is 13.2 Å². The Morgan fingerprint density at radius 3 is 1.88 bits per heavy atom. The Bertz CT molecular complexity index is 709. The van der Waals surface area contributed by atoms with Crippen LogP contribution in [0.3, 0.4) is 0 Å². The zero-order valence-corrected chi connectivity index (χ0v) is 17.2. The molecule has 2 aliphatic rings. The molecule has 138 valence electrons. The Balaban J connectivity index is 1.59. The third-order valence-electron chi connectivity index (χ3n) is 4.73. The zero-order chi connectivity index (χ0) is 18.0. The first-order chi connectivity index (χ1) is 11.9. The first-order valence-electron chi connectivity index (χ1n) is 8.36. The SMILES string of the molecule is CN1CCN(S(=O)(=O)N2CCN(C(=O)c3ccc(I)cc3)CC2)CC1. The van der Waals surface area contributed by atoms with E-state index < -0.39 is 10.2 Å². The van der Waals surface area contributed by atoms with E-state index in [-0.39, 0.29) is 5.91 Å². The molecule has 0 atom stereocenters. The van der Waals surface area contributed by atoms with Crippen LogP contribution in [-0.2, 0) is 10.2 Å². The van der Waals surface area contributed by atoms with Gasteiger partial charge in [-0.2, -0.15) is 17.0 Å².